The molecule has 0 atom stereocenters. The van der Waals surface area contributed by atoms with E-state index in [9.17, 15) is 4.79 Å². The Hall–Kier alpha value is -1.31. The lowest BCUT2D eigenvalue weighted by Gasteiger charge is -2.02. The molecule has 0 fully saturated rings. The third-order valence-corrected chi connectivity index (χ3v) is 1.49. The highest BCUT2D eigenvalue weighted by Crippen LogP contribution is 2.10. The van der Waals surface area contributed by atoms with E-state index < -0.39 is 0 Å². The molecular weight excluding hydrogens is 158 g/mol. The molecule has 0 aliphatic heterocycles. The Morgan fingerprint density at radius 1 is 1.33 bits per heavy atom. The minimum Gasteiger partial charge on any atom is -0.494 e. The summed E-state index contributed by atoms with van der Waals surface area (Å²) >= 11 is 0. The number of benzene rings is 1. The Balaban J connectivity index is 2.58. The molecule has 1 aromatic rings. The summed E-state index contributed by atoms with van der Waals surface area (Å²) in [4.78, 5) is 10.3. The van der Waals surface area contributed by atoms with Crippen LogP contribution in [0, 0.1) is 0 Å². The summed E-state index contributed by atoms with van der Waals surface area (Å²) in [5.74, 6) is 0.822. The molecule has 0 heterocycles. The van der Waals surface area contributed by atoms with Crippen molar-refractivity contribution in [2.45, 2.75) is 13.3 Å². The molecule has 64 valence electrons. The van der Waals surface area contributed by atoms with Gasteiger partial charge in [0.15, 0.2) is 0 Å². The lowest BCUT2D eigenvalue weighted by atomic mass is 10.5. The minimum absolute atomic E-state index is 0.679. The molecule has 0 amide bonds. The summed E-state index contributed by atoms with van der Waals surface area (Å²) in [5.41, 5.74) is 0.679. The fourth-order valence-corrected chi connectivity index (χ4v) is 0.863. The van der Waals surface area contributed by atoms with Gasteiger partial charge in [0.25, 0.3) is 0 Å². The molecular formula is C10H12O2. The van der Waals surface area contributed by atoms with Gasteiger partial charge in [0.05, 0.1) is 6.61 Å². The fraction of sp³-hybridized carbons (Fsp3) is 0.300. The summed E-state index contributed by atoms with van der Waals surface area (Å²) in [5, 5.41) is 0. The second-order valence-electron chi connectivity index (χ2n) is 2.54. The molecule has 1 aromatic carbocycles. The van der Waals surface area contributed by atoms with Gasteiger partial charge in [-0.3, -0.25) is 4.79 Å². The highest BCUT2D eigenvalue weighted by atomic mass is 16.5. The van der Waals surface area contributed by atoms with Crippen molar-refractivity contribution < 1.29 is 9.53 Å². The standard InChI is InChI=1S/C10H12O2/c1-2-7-12-10-5-3-9(8-11)4-6-10/h3-6,8H,2,7H2,1H3/i3+1,4+1,5+1,6+1,9+1,10+1. The van der Waals surface area contributed by atoms with Crippen LogP contribution in [-0.2, 0) is 0 Å². The molecule has 0 saturated carbocycles. The molecule has 0 aliphatic rings. The molecule has 0 aromatic heterocycles. The van der Waals surface area contributed by atoms with Crippen LogP contribution in [-0.4, -0.2) is 12.9 Å². The Labute approximate surface area is 72.2 Å². The second kappa shape index (κ2) is 4.54. The molecule has 2 heteroatoms. The van der Waals surface area contributed by atoms with Crippen LogP contribution in [0.4, 0.5) is 0 Å². The predicted octanol–water partition coefficient (Wildman–Crippen LogP) is 2.29. The maximum Gasteiger partial charge on any atom is 0.150 e. The first kappa shape index (κ1) is 8.78. The Kier molecular flexibility index (Phi) is 3.33. The molecule has 0 saturated heterocycles. The van der Waals surface area contributed by atoms with E-state index in [0.29, 0.717) is 5.56 Å². The Morgan fingerprint density at radius 3 is 2.50 bits per heavy atom. The Morgan fingerprint density at radius 2 is 2.00 bits per heavy atom. The third-order valence-electron chi connectivity index (χ3n) is 1.49. The molecule has 0 spiro atoms. The van der Waals surface area contributed by atoms with Crippen molar-refractivity contribution in [2.24, 2.45) is 0 Å². The summed E-state index contributed by atoms with van der Waals surface area (Å²) in [7, 11) is 0. The normalized spacial score (nSPS) is 9.42. The molecule has 2 nitrogen and oxygen atoms in total. The molecule has 0 unspecified atom stereocenters. The van der Waals surface area contributed by atoms with Crippen molar-refractivity contribution in [1.29, 1.82) is 0 Å². The smallest absolute Gasteiger partial charge is 0.150 e. The molecule has 1 rings (SSSR count). The van der Waals surface area contributed by atoms with Crippen molar-refractivity contribution in [1.82, 2.24) is 0 Å². The first-order chi connectivity index (χ1) is 5.86. The van der Waals surface area contributed by atoms with Crippen LogP contribution in [0.2, 0.25) is 0 Å². The monoisotopic (exact) mass is 170 g/mol. The van der Waals surface area contributed by atoms with Crippen LogP contribution in [0.15, 0.2) is 24.3 Å². The topological polar surface area (TPSA) is 26.3 Å². The Bertz CT molecular complexity index is 239. The van der Waals surface area contributed by atoms with Gasteiger partial charge in [0.2, 0.25) is 0 Å². The van der Waals surface area contributed by atoms with E-state index in [1.54, 1.807) is 24.3 Å². The third kappa shape index (κ3) is 2.38. The fourth-order valence-electron chi connectivity index (χ4n) is 0.863. The lowest BCUT2D eigenvalue weighted by molar-refractivity contribution is 0.112. The summed E-state index contributed by atoms with van der Waals surface area (Å²) < 4.78 is 5.34. The van der Waals surface area contributed by atoms with Crippen LogP contribution in [0.5, 0.6) is 5.75 Å². The first-order valence-corrected chi connectivity index (χ1v) is 4.05. The zero-order valence-corrected chi connectivity index (χ0v) is 7.12. The van der Waals surface area contributed by atoms with Crippen molar-refractivity contribution in [3.8, 4) is 5.75 Å². The molecule has 0 bridgehead atoms. The van der Waals surface area contributed by atoms with Crippen molar-refractivity contribution in [2.75, 3.05) is 6.61 Å². The average Bonchev–Trinajstić information content (AvgIpc) is 2.15. The van der Waals surface area contributed by atoms with Crippen molar-refractivity contribution >= 4 is 6.29 Å². The number of carbonyl (C=O) groups is 1. The van der Waals surface area contributed by atoms with E-state index in [0.717, 1.165) is 25.1 Å². The largest absolute Gasteiger partial charge is 0.494 e. The average molecular weight is 170 g/mol. The van der Waals surface area contributed by atoms with E-state index in [4.69, 9.17) is 4.74 Å². The first-order valence-electron chi connectivity index (χ1n) is 4.05. The molecule has 0 N–H and O–H groups in total. The van der Waals surface area contributed by atoms with Crippen LogP contribution in [0.1, 0.15) is 23.7 Å². The minimum atomic E-state index is 0.679. The maximum atomic E-state index is 10.3. The zero-order chi connectivity index (χ0) is 8.81. The second-order valence-corrected chi connectivity index (χ2v) is 2.54. The number of hydrogen-bond acceptors (Lipinski definition) is 2. The van der Waals surface area contributed by atoms with E-state index in [1.165, 1.54) is 0 Å². The van der Waals surface area contributed by atoms with Gasteiger partial charge in [-0.15, -0.1) is 0 Å². The highest BCUT2D eigenvalue weighted by Gasteiger charge is 1.92. The molecule has 12 heavy (non-hydrogen) atoms. The van der Waals surface area contributed by atoms with E-state index in [2.05, 4.69) is 6.92 Å². The van der Waals surface area contributed by atoms with Gasteiger partial charge in [-0.25, -0.2) is 0 Å². The molecule has 0 radical (unpaired) electrons. The van der Waals surface area contributed by atoms with Crippen molar-refractivity contribution in [3.63, 3.8) is 0 Å². The van der Waals surface area contributed by atoms with Gasteiger partial charge in [-0.2, -0.15) is 0 Å². The highest BCUT2D eigenvalue weighted by molar-refractivity contribution is 5.74. The van der Waals surface area contributed by atoms with Gasteiger partial charge < -0.3 is 4.74 Å². The summed E-state index contributed by atoms with van der Waals surface area (Å²) in [6.45, 7) is 2.78. The van der Waals surface area contributed by atoms with Crippen LogP contribution >= 0.6 is 0 Å². The van der Waals surface area contributed by atoms with Gasteiger partial charge in [0, 0.05) is 5.56 Å². The predicted molar refractivity (Wildman–Crippen MR) is 47.6 cm³/mol. The van der Waals surface area contributed by atoms with Crippen molar-refractivity contribution in [3.05, 3.63) is 29.8 Å². The lowest BCUT2D eigenvalue weighted by Crippen LogP contribution is -1.94. The van der Waals surface area contributed by atoms with E-state index >= 15 is 0 Å². The number of hydrogen-bond donors (Lipinski definition) is 0. The van der Waals surface area contributed by atoms with Crippen LogP contribution in [0.25, 0.3) is 0 Å². The quantitative estimate of drug-likeness (QED) is 0.648. The zero-order valence-electron chi connectivity index (χ0n) is 7.12. The number of aldehydes is 1. The molecule has 0 aliphatic carbocycles. The van der Waals surface area contributed by atoms with E-state index in [-0.39, 0.29) is 0 Å². The van der Waals surface area contributed by atoms with Crippen LogP contribution in [0.3, 0.4) is 0 Å². The summed E-state index contributed by atoms with van der Waals surface area (Å²) in [6, 6.07) is 7.11. The van der Waals surface area contributed by atoms with Gasteiger partial charge in [-0.05, 0) is 30.7 Å². The number of rotatable bonds is 4. The van der Waals surface area contributed by atoms with Gasteiger partial charge in [-0.1, -0.05) is 6.92 Å². The number of ether oxygens (including phenoxy) is 1. The van der Waals surface area contributed by atoms with E-state index in [1.807, 2.05) is 0 Å². The van der Waals surface area contributed by atoms with Gasteiger partial charge >= 0.3 is 0 Å². The van der Waals surface area contributed by atoms with Crippen LogP contribution < -0.4 is 4.74 Å². The summed E-state index contributed by atoms with van der Waals surface area (Å²) in [6.07, 6.45) is 1.82. The SMILES string of the molecule is CCCO[13c]1[13cH][13cH][13c](C=O)[13cH][13cH]1. The number of carbonyl (C=O) groups excluding carboxylic acids is 1. The maximum absolute atomic E-state index is 10.3. The van der Waals surface area contributed by atoms with Gasteiger partial charge in [0.1, 0.15) is 12.0 Å².